The summed E-state index contributed by atoms with van der Waals surface area (Å²) in [6.07, 6.45) is 4.03. The number of carbonyl (C=O) groups excluding carboxylic acids is 2. The molecule has 138 valence electrons. The van der Waals surface area contributed by atoms with Crippen molar-refractivity contribution in [1.82, 2.24) is 10.6 Å². The lowest BCUT2D eigenvalue weighted by molar-refractivity contribution is -0.919. The molecule has 3 rings (SSSR count). The van der Waals surface area contributed by atoms with Crippen LogP contribution < -0.4 is 15.5 Å². The molecule has 6 nitrogen and oxygen atoms in total. The summed E-state index contributed by atoms with van der Waals surface area (Å²) in [6.45, 7) is 2.53. The molecule has 1 aromatic heterocycles. The van der Waals surface area contributed by atoms with E-state index in [2.05, 4.69) is 10.6 Å². The molecule has 2 aromatic rings. The first-order valence-electron chi connectivity index (χ1n) is 8.82. The van der Waals surface area contributed by atoms with Gasteiger partial charge in [0.1, 0.15) is 0 Å². The first-order chi connectivity index (χ1) is 12.6. The van der Waals surface area contributed by atoms with Crippen molar-refractivity contribution < 1.29 is 18.9 Å². The van der Waals surface area contributed by atoms with Crippen LogP contribution in [-0.2, 0) is 4.79 Å². The summed E-state index contributed by atoms with van der Waals surface area (Å²) in [7, 11) is 0. The average Bonchev–Trinajstić information content (AvgIpc) is 3.35. The van der Waals surface area contributed by atoms with Gasteiger partial charge in [0.2, 0.25) is 5.91 Å². The maximum absolute atomic E-state index is 12.2. The van der Waals surface area contributed by atoms with E-state index in [0.29, 0.717) is 17.1 Å². The van der Waals surface area contributed by atoms with E-state index in [9.17, 15) is 9.59 Å². The normalized spacial score (nSPS) is 15.6. The molecule has 1 aliphatic rings. The van der Waals surface area contributed by atoms with E-state index in [1.54, 1.807) is 30.5 Å². The number of hydrogen-bond donors (Lipinski definition) is 3. The molecule has 1 atom stereocenters. The fourth-order valence-electron chi connectivity index (χ4n) is 3.29. The highest BCUT2D eigenvalue weighted by Crippen LogP contribution is 2.14. The third-order valence-electron chi connectivity index (χ3n) is 4.66. The smallest absolute Gasteiger partial charge is 0.253 e. The van der Waals surface area contributed by atoms with Crippen LogP contribution >= 0.6 is 11.6 Å². The summed E-state index contributed by atoms with van der Waals surface area (Å²) in [5.41, 5.74) is 0.358. The maximum atomic E-state index is 12.2. The van der Waals surface area contributed by atoms with Gasteiger partial charge in [-0.1, -0.05) is 23.7 Å². The van der Waals surface area contributed by atoms with E-state index >= 15 is 0 Å². The van der Waals surface area contributed by atoms with Crippen LogP contribution in [0.5, 0.6) is 0 Å². The van der Waals surface area contributed by atoms with Crippen molar-refractivity contribution in [3.05, 3.63) is 59.0 Å². The number of likely N-dealkylation sites (tertiary alicyclic amines) is 1. The zero-order valence-electron chi connectivity index (χ0n) is 14.5. The van der Waals surface area contributed by atoms with Gasteiger partial charge in [-0.05, 0) is 24.3 Å². The molecular formula is C19H23ClN3O3+. The van der Waals surface area contributed by atoms with Crippen molar-refractivity contribution in [2.75, 3.05) is 26.2 Å². The SMILES string of the molecule is O=C(CNC(=O)c1ccccc1Cl)NC[C@H](c1ccco1)[NH+]1CCCC1. The third-order valence-corrected chi connectivity index (χ3v) is 4.99. The first kappa shape index (κ1) is 18.5. The number of carbonyl (C=O) groups is 2. The van der Waals surface area contributed by atoms with Gasteiger partial charge in [0, 0.05) is 12.8 Å². The minimum Gasteiger partial charge on any atom is -0.463 e. The van der Waals surface area contributed by atoms with Gasteiger partial charge in [0.05, 0.1) is 43.0 Å². The Hall–Kier alpha value is -2.31. The topological polar surface area (TPSA) is 75.8 Å². The monoisotopic (exact) mass is 376 g/mol. The number of hydrogen-bond acceptors (Lipinski definition) is 3. The van der Waals surface area contributed by atoms with Gasteiger partial charge in [-0.25, -0.2) is 0 Å². The Bertz CT molecular complexity index is 742. The lowest BCUT2D eigenvalue weighted by Crippen LogP contribution is -3.11. The summed E-state index contributed by atoms with van der Waals surface area (Å²) in [6, 6.07) is 10.7. The Kier molecular flexibility index (Phi) is 6.30. The minimum atomic E-state index is -0.362. The van der Waals surface area contributed by atoms with Gasteiger partial charge < -0.3 is 20.0 Å². The van der Waals surface area contributed by atoms with E-state index in [1.807, 2.05) is 12.1 Å². The standard InChI is InChI=1S/C19H22ClN3O3/c20-15-7-2-1-6-14(15)19(25)22-13-18(24)21-12-16(17-8-5-11-26-17)23-9-3-4-10-23/h1-2,5-8,11,16H,3-4,9-10,12-13H2,(H,21,24)(H,22,25)/p+1/t16-/m1/s1. The zero-order chi connectivity index (χ0) is 18.4. The fourth-order valence-corrected chi connectivity index (χ4v) is 3.51. The van der Waals surface area contributed by atoms with Gasteiger partial charge in [0.15, 0.2) is 11.8 Å². The molecule has 0 spiro atoms. The molecule has 1 aliphatic heterocycles. The van der Waals surface area contributed by atoms with Crippen LogP contribution in [-0.4, -0.2) is 38.0 Å². The largest absolute Gasteiger partial charge is 0.463 e. The summed E-state index contributed by atoms with van der Waals surface area (Å²) in [5.74, 6) is 0.279. The number of halogens is 1. The van der Waals surface area contributed by atoms with Gasteiger partial charge in [-0.15, -0.1) is 0 Å². The average molecular weight is 377 g/mol. The van der Waals surface area contributed by atoms with Crippen molar-refractivity contribution >= 4 is 23.4 Å². The molecule has 0 radical (unpaired) electrons. The Morgan fingerprint density at radius 1 is 1.12 bits per heavy atom. The maximum Gasteiger partial charge on any atom is 0.253 e. The van der Waals surface area contributed by atoms with E-state index in [-0.39, 0.29) is 24.4 Å². The van der Waals surface area contributed by atoms with Crippen molar-refractivity contribution in [3.63, 3.8) is 0 Å². The minimum absolute atomic E-state index is 0.0930. The van der Waals surface area contributed by atoms with Gasteiger partial charge in [-0.3, -0.25) is 9.59 Å². The lowest BCUT2D eigenvalue weighted by Gasteiger charge is -2.23. The highest BCUT2D eigenvalue weighted by atomic mass is 35.5. The Labute approximate surface area is 157 Å². The number of furan rings is 1. The van der Waals surface area contributed by atoms with E-state index in [0.717, 1.165) is 18.8 Å². The van der Waals surface area contributed by atoms with E-state index < -0.39 is 0 Å². The van der Waals surface area contributed by atoms with Gasteiger partial charge in [0.25, 0.3) is 5.91 Å². The second-order valence-electron chi connectivity index (χ2n) is 6.40. The molecule has 0 saturated carbocycles. The van der Waals surface area contributed by atoms with E-state index in [4.69, 9.17) is 16.0 Å². The van der Waals surface area contributed by atoms with Crippen LogP contribution in [0.1, 0.15) is 35.0 Å². The van der Waals surface area contributed by atoms with Gasteiger partial charge >= 0.3 is 0 Å². The molecule has 2 heterocycles. The number of amides is 2. The predicted molar refractivity (Wildman–Crippen MR) is 98.2 cm³/mol. The van der Waals surface area contributed by atoms with Crippen molar-refractivity contribution in [1.29, 1.82) is 0 Å². The number of rotatable bonds is 7. The Morgan fingerprint density at radius 3 is 2.58 bits per heavy atom. The molecule has 1 fully saturated rings. The first-order valence-corrected chi connectivity index (χ1v) is 9.20. The van der Waals surface area contributed by atoms with Crippen LogP contribution in [0.2, 0.25) is 5.02 Å². The van der Waals surface area contributed by atoms with Crippen LogP contribution in [0, 0.1) is 0 Å². The van der Waals surface area contributed by atoms with Crippen LogP contribution in [0.3, 0.4) is 0 Å². The fraction of sp³-hybridized carbons (Fsp3) is 0.368. The van der Waals surface area contributed by atoms with Crippen LogP contribution in [0.25, 0.3) is 0 Å². The molecule has 3 N–H and O–H groups in total. The van der Waals surface area contributed by atoms with Crippen molar-refractivity contribution in [2.24, 2.45) is 0 Å². The summed E-state index contributed by atoms with van der Waals surface area (Å²) >= 11 is 5.99. The predicted octanol–water partition coefficient (Wildman–Crippen LogP) is 1.20. The highest BCUT2D eigenvalue weighted by Gasteiger charge is 2.29. The summed E-state index contributed by atoms with van der Waals surface area (Å²) in [4.78, 5) is 25.7. The number of nitrogens with one attached hydrogen (secondary N) is 3. The molecule has 1 saturated heterocycles. The molecule has 0 aliphatic carbocycles. The Balaban J connectivity index is 1.51. The Morgan fingerprint density at radius 2 is 1.88 bits per heavy atom. The van der Waals surface area contributed by atoms with Crippen molar-refractivity contribution in [2.45, 2.75) is 18.9 Å². The highest BCUT2D eigenvalue weighted by molar-refractivity contribution is 6.33. The van der Waals surface area contributed by atoms with Crippen LogP contribution in [0.4, 0.5) is 0 Å². The molecule has 0 bridgehead atoms. The second kappa shape index (κ2) is 8.87. The quantitative estimate of drug-likeness (QED) is 0.679. The van der Waals surface area contributed by atoms with E-state index in [1.165, 1.54) is 17.7 Å². The number of quaternary nitrogens is 1. The molecule has 1 aromatic carbocycles. The zero-order valence-corrected chi connectivity index (χ0v) is 15.2. The molecule has 26 heavy (non-hydrogen) atoms. The molecule has 0 unspecified atom stereocenters. The molecule has 2 amide bonds. The second-order valence-corrected chi connectivity index (χ2v) is 6.81. The number of benzene rings is 1. The van der Waals surface area contributed by atoms with Gasteiger partial charge in [-0.2, -0.15) is 0 Å². The molecule has 7 heteroatoms. The lowest BCUT2D eigenvalue weighted by atomic mass is 10.2. The summed E-state index contributed by atoms with van der Waals surface area (Å²) < 4.78 is 5.55. The molecular weight excluding hydrogens is 354 g/mol. The van der Waals surface area contributed by atoms with Crippen LogP contribution in [0.15, 0.2) is 47.1 Å². The van der Waals surface area contributed by atoms with Crippen molar-refractivity contribution in [3.8, 4) is 0 Å². The third kappa shape index (κ3) is 4.65. The summed E-state index contributed by atoms with van der Waals surface area (Å²) in [5, 5.41) is 5.87.